The van der Waals surface area contributed by atoms with E-state index in [0.29, 0.717) is 12.8 Å². The fourth-order valence-corrected chi connectivity index (χ4v) is 1.37. The third-order valence-electron chi connectivity index (χ3n) is 2.18. The van der Waals surface area contributed by atoms with E-state index in [4.69, 9.17) is 1.37 Å². The Hall–Kier alpha value is -0.760. The second-order valence-corrected chi connectivity index (χ2v) is 3.04. The summed E-state index contributed by atoms with van der Waals surface area (Å²) in [7, 11) is 0. The molecule has 0 saturated carbocycles. The zero-order valence-electron chi connectivity index (χ0n) is 8.70. The molecule has 0 saturated heterocycles. The van der Waals surface area contributed by atoms with Crippen molar-refractivity contribution >= 4 is 0 Å². The Bertz CT molecular complexity index is 245. The third kappa shape index (κ3) is 1.69. The molecule has 0 amide bonds. The van der Waals surface area contributed by atoms with Crippen LogP contribution in [0.1, 0.15) is 34.5 Å². The van der Waals surface area contributed by atoms with Crippen molar-refractivity contribution < 1.29 is 6.48 Å². The van der Waals surface area contributed by atoms with Crippen LogP contribution in [0.2, 0.25) is 0 Å². The van der Waals surface area contributed by atoms with E-state index in [1.54, 1.807) is 11.5 Å². The standard InChI is InChI=1S/C10H17NO/c1-3-7-10(12,4-2)11-8-5-6-9-11/h5-6,8-9,12H,3-4,7H2,1-2H3/i3D. The predicted octanol–water partition coefficient (Wildman–Crippen LogP) is 2.34. The highest BCUT2D eigenvalue weighted by Gasteiger charge is 2.23. The molecular formula is C10H17NO. The summed E-state index contributed by atoms with van der Waals surface area (Å²) in [5.74, 6) is 0. The summed E-state index contributed by atoms with van der Waals surface area (Å²) in [6.45, 7) is 3.73. The third-order valence-corrected chi connectivity index (χ3v) is 2.18. The van der Waals surface area contributed by atoms with Gasteiger partial charge in [0.15, 0.2) is 0 Å². The molecule has 0 fully saturated rings. The lowest BCUT2D eigenvalue weighted by atomic mass is 10.1. The monoisotopic (exact) mass is 168 g/mol. The average Bonchev–Trinajstić information content (AvgIpc) is 2.55. The minimum absolute atomic E-state index is 0.243. The van der Waals surface area contributed by atoms with E-state index >= 15 is 0 Å². The first-order valence-electron chi connectivity index (χ1n) is 4.94. The van der Waals surface area contributed by atoms with Crippen LogP contribution in [0.3, 0.4) is 0 Å². The number of hydrogen-bond donors (Lipinski definition) is 1. The largest absolute Gasteiger partial charge is 0.371 e. The molecule has 0 aromatic carbocycles. The quantitative estimate of drug-likeness (QED) is 0.733. The van der Waals surface area contributed by atoms with Crippen LogP contribution in [-0.4, -0.2) is 9.67 Å². The van der Waals surface area contributed by atoms with Crippen molar-refractivity contribution in [3.63, 3.8) is 0 Å². The molecule has 1 rings (SSSR count). The normalized spacial score (nSPS) is 19.8. The number of aromatic nitrogens is 1. The summed E-state index contributed by atoms with van der Waals surface area (Å²) in [6, 6.07) is 3.77. The van der Waals surface area contributed by atoms with E-state index in [2.05, 4.69) is 0 Å². The van der Waals surface area contributed by atoms with Crippen LogP contribution in [0.5, 0.6) is 0 Å². The highest BCUT2D eigenvalue weighted by molar-refractivity contribution is 4.94. The highest BCUT2D eigenvalue weighted by Crippen LogP contribution is 2.23. The molecule has 12 heavy (non-hydrogen) atoms. The van der Waals surface area contributed by atoms with Crippen LogP contribution in [0.15, 0.2) is 24.5 Å². The molecule has 1 heterocycles. The van der Waals surface area contributed by atoms with Crippen LogP contribution in [0, 0.1) is 0 Å². The summed E-state index contributed by atoms with van der Waals surface area (Å²) < 4.78 is 9.24. The van der Waals surface area contributed by atoms with Crippen LogP contribution >= 0.6 is 0 Å². The first-order valence-corrected chi connectivity index (χ1v) is 4.36. The van der Waals surface area contributed by atoms with Gasteiger partial charge in [-0.05, 0) is 25.0 Å². The van der Waals surface area contributed by atoms with Crippen molar-refractivity contribution in [2.24, 2.45) is 0 Å². The van der Waals surface area contributed by atoms with Gasteiger partial charge in [-0.1, -0.05) is 20.2 Å². The van der Waals surface area contributed by atoms with Crippen LogP contribution < -0.4 is 0 Å². The molecule has 2 nitrogen and oxygen atoms in total. The topological polar surface area (TPSA) is 25.2 Å². The summed E-state index contributed by atoms with van der Waals surface area (Å²) in [6.07, 6.45) is 4.54. The van der Waals surface area contributed by atoms with Gasteiger partial charge >= 0.3 is 0 Å². The Morgan fingerprint density at radius 2 is 2.00 bits per heavy atom. The minimum Gasteiger partial charge on any atom is -0.371 e. The van der Waals surface area contributed by atoms with Crippen LogP contribution in [0.25, 0.3) is 0 Å². The van der Waals surface area contributed by atoms with E-state index < -0.39 is 5.72 Å². The SMILES string of the molecule is [2H]C(C)CC(O)(CC)n1cccc1. The molecule has 2 heteroatoms. The Kier molecular flexibility index (Phi) is 2.47. The van der Waals surface area contributed by atoms with E-state index in [1.165, 1.54) is 0 Å². The Morgan fingerprint density at radius 3 is 2.42 bits per heavy atom. The lowest BCUT2D eigenvalue weighted by molar-refractivity contribution is -0.0496. The lowest BCUT2D eigenvalue weighted by Gasteiger charge is -2.28. The molecule has 1 N–H and O–H groups in total. The molecule has 0 aliphatic heterocycles. The number of rotatable bonds is 4. The summed E-state index contributed by atoms with van der Waals surface area (Å²) in [5.41, 5.74) is -0.884. The van der Waals surface area contributed by atoms with Crippen molar-refractivity contribution in [3.8, 4) is 0 Å². The maximum atomic E-state index is 10.2. The second-order valence-electron chi connectivity index (χ2n) is 3.04. The minimum atomic E-state index is -0.884. The van der Waals surface area contributed by atoms with Crippen molar-refractivity contribution in [2.45, 2.75) is 38.8 Å². The van der Waals surface area contributed by atoms with Crippen molar-refractivity contribution in [1.82, 2.24) is 4.57 Å². The first kappa shape index (κ1) is 7.87. The van der Waals surface area contributed by atoms with E-state index in [0.717, 1.165) is 0 Å². The molecule has 0 spiro atoms. The van der Waals surface area contributed by atoms with Gasteiger partial charge in [-0.3, -0.25) is 0 Å². The average molecular weight is 168 g/mol. The zero-order valence-corrected chi connectivity index (χ0v) is 7.70. The summed E-state index contributed by atoms with van der Waals surface area (Å²) >= 11 is 0. The van der Waals surface area contributed by atoms with Gasteiger partial charge in [0.25, 0.3) is 0 Å². The second kappa shape index (κ2) is 3.76. The van der Waals surface area contributed by atoms with Crippen molar-refractivity contribution in [2.75, 3.05) is 0 Å². The molecule has 1 aromatic rings. The van der Waals surface area contributed by atoms with E-state index in [9.17, 15) is 5.11 Å². The molecule has 0 aliphatic carbocycles. The fourth-order valence-electron chi connectivity index (χ4n) is 1.37. The van der Waals surface area contributed by atoms with Gasteiger partial charge in [0.1, 0.15) is 5.72 Å². The van der Waals surface area contributed by atoms with E-state index in [-0.39, 0.29) is 6.40 Å². The fraction of sp³-hybridized carbons (Fsp3) is 0.600. The molecule has 0 aliphatic rings. The molecule has 68 valence electrons. The number of hydrogen-bond acceptors (Lipinski definition) is 1. The molecule has 0 radical (unpaired) electrons. The summed E-state index contributed by atoms with van der Waals surface area (Å²) in [4.78, 5) is 0. The van der Waals surface area contributed by atoms with Crippen LogP contribution in [0.4, 0.5) is 0 Å². The number of nitrogens with zero attached hydrogens (tertiary/aromatic N) is 1. The van der Waals surface area contributed by atoms with Crippen molar-refractivity contribution in [1.29, 1.82) is 0 Å². The smallest absolute Gasteiger partial charge is 0.140 e. The Balaban J connectivity index is 2.81. The Labute approximate surface area is 75.2 Å². The predicted molar refractivity (Wildman–Crippen MR) is 49.8 cm³/mol. The van der Waals surface area contributed by atoms with Gasteiger partial charge in [-0.25, -0.2) is 0 Å². The van der Waals surface area contributed by atoms with Crippen molar-refractivity contribution in [3.05, 3.63) is 24.5 Å². The number of aliphatic hydroxyl groups is 1. The maximum absolute atomic E-state index is 10.2. The molecule has 1 aromatic heterocycles. The van der Waals surface area contributed by atoms with Gasteiger partial charge in [0, 0.05) is 13.8 Å². The van der Waals surface area contributed by atoms with Gasteiger partial charge in [-0.15, -0.1) is 0 Å². The van der Waals surface area contributed by atoms with Crippen LogP contribution in [-0.2, 0) is 5.72 Å². The Morgan fingerprint density at radius 1 is 1.42 bits per heavy atom. The van der Waals surface area contributed by atoms with E-state index in [1.807, 2.05) is 31.5 Å². The molecule has 2 unspecified atom stereocenters. The zero-order chi connectivity index (χ0) is 9.90. The lowest BCUT2D eigenvalue weighted by Crippen LogP contribution is -2.31. The van der Waals surface area contributed by atoms with Gasteiger partial charge in [-0.2, -0.15) is 0 Å². The molecule has 0 bridgehead atoms. The van der Waals surface area contributed by atoms with Gasteiger partial charge in [0.05, 0.1) is 0 Å². The molecule has 2 atom stereocenters. The first-order chi connectivity index (χ1) is 6.08. The molecular weight excluding hydrogens is 150 g/mol. The highest BCUT2D eigenvalue weighted by atomic mass is 16.3. The van der Waals surface area contributed by atoms with Gasteiger partial charge < -0.3 is 9.67 Å². The maximum Gasteiger partial charge on any atom is 0.140 e. The van der Waals surface area contributed by atoms with Gasteiger partial charge in [0.2, 0.25) is 0 Å². The summed E-state index contributed by atoms with van der Waals surface area (Å²) in [5, 5.41) is 10.2.